The van der Waals surface area contributed by atoms with Crippen molar-refractivity contribution in [1.82, 2.24) is 0 Å². The van der Waals surface area contributed by atoms with Crippen LogP contribution in [-0.4, -0.2) is 0 Å². The Labute approximate surface area is 127 Å². The van der Waals surface area contributed by atoms with Gasteiger partial charge in [0.15, 0.2) is 0 Å². The minimum atomic E-state index is 0.0304. The summed E-state index contributed by atoms with van der Waals surface area (Å²) in [6, 6.07) is 8.44. The number of hydrogen-bond acceptors (Lipinski definition) is 2. The zero-order chi connectivity index (χ0) is 15.8. The third-order valence-corrected chi connectivity index (χ3v) is 5.00. The largest absolute Gasteiger partial charge is 0.445 e. The molecule has 0 aliphatic carbocycles. The Morgan fingerprint density at radius 1 is 1.00 bits per heavy atom. The number of nitriles is 1. The van der Waals surface area contributed by atoms with Gasteiger partial charge < -0.3 is 4.42 Å². The van der Waals surface area contributed by atoms with Crippen LogP contribution in [0.25, 0.3) is 11.0 Å². The molecule has 0 spiro atoms. The molecule has 0 saturated carbocycles. The van der Waals surface area contributed by atoms with Crippen LogP contribution in [-0.2, 0) is 10.8 Å². The summed E-state index contributed by atoms with van der Waals surface area (Å²) in [4.78, 5) is 0. The van der Waals surface area contributed by atoms with Gasteiger partial charge in [-0.05, 0) is 35.3 Å². The van der Waals surface area contributed by atoms with E-state index in [1.165, 1.54) is 11.1 Å². The molecule has 0 amide bonds. The molecular formula is C19H25NO. The molecule has 2 nitrogen and oxygen atoms in total. The molecule has 112 valence electrons. The van der Waals surface area contributed by atoms with Crippen molar-refractivity contribution < 1.29 is 4.42 Å². The second kappa shape index (κ2) is 5.22. The lowest BCUT2D eigenvalue weighted by molar-refractivity contribution is 0.483. The van der Waals surface area contributed by atoms with E-state index in [0.29, 0.717) is 5.76 Å². The highest BCUT2D eigenvalue weighted by molar-refractivity contribution is 5.84. The number of benzene rings is 1. The molecule has 0 saturated heterocycles. The molecule has 0 fully saturated rings. The summed E-state index contributed by atoms with van der Waals surface area (Å²) in [5, 5.41) is 10.2. The van der Waals surface area contributed by atoms with Crippen molar-refractivity contribution in [3.8, 4) is 6.07 Å². The van der Waals surface area contributed by atoms with E-state index in [2.05, 4.69) is 59.7 Å². The predicted octanol–water partition coefficient (Wildman–Crippen LogP) is 5.68. The van der Waals surface area contributed by atoms with Crippen LogP contribution in [0, 0.1) is 11.3 Å². The Bertz CT molecular complexity index is 698. The zero-order valence-corrected chi connectivity index (χ0v) is 14.0. The first-order valence-electron chi connectivity index (χ1n) is 7.74. The summed E-state index contributed by atoms with van der Waals surface area (Å²) in [6.07, 6.45) is 2.11. The van der Waals surface area contributed by atoms with Gasteiger partial charge >= 0.3 is 0 Å². The lowest BCUT2D eigenvalue weighted by Crippen LogP contribution is -2.20. The van der Waals surface area contributed by atoms with Gasteiger partial charge in [-0.3, -0.25) is 0 Å². The molecule has 0 N–H and O–H groups in total. The van der Waals surface area contributed by atoms with Gasteiger partial charge in [-0.15, -0.1) is 0 Å². The molecule has 2 rings (SSSR count). The molecule has 0 radical (unpaired) electrons. The first kappa shape index (κ1) is 15.6. The van der Waals surface area contributed by atoms with E-state index in [1.807, 2.05) is 6.07 Å². The summed E-state index contributed by atoms with van der Waals surface area (Å²) in [5.74, 6) is 0.393. The lowest BCUT2D eigenvalue weighted by atomic mass is 9.76. The normalized spacial score (nSPS) is 12.6. The molecular weight excluding hydrogens is 258 g/mol. The summed E-state index contributed by atoms with van der Waals surface area (Å²) in [5.41, 5.74) is 3.55. The summed E-state index contributed by atoms with van der Waals surface area (Å²) in [7, 11) is 0. The van der Waals surface area contributed by atoms with E-state index in [1.54, 1.807) is 0 Å². The molecule has 0 bridgehead atoms. The van der Waals surface area contributed by atoms with Gasteiger partial charge in [-0.2, -0.15) is 5.26 Å². The average Bonchev–Trinajstić information content (AvgIpc) is 2.88. The number of fused-ring (bicyclic) bond motifs is 1. The Morgan fingerprint density at radius 2 is 1.62 bits per heavy atom. The van der Waals surface area contributed by atoms with Gasteiger partial charge in [0.05, 0.1) is 0 Å². The Balaban J connectivity index is 2.80. The van der Waals surface area contributed by atoms with Crippen LogP contribution >= 0.6 is 0 Å². The smallest absolute Gasteiger partial charge is 0.204 e. The van der Waals surface area contributed by atoms with E-state index in [0.717, 1.165) is 23.8 Å². The maximum Gasteiger partial charge on any atom is 0.204 e. The molecule has 0 aliphatic rings. The summed E-state index contributed by atoms with van der Waals surface area (Å²) >= 11 is 0. The predicted molar refractivity (Wildman–Crippen MR) is 87.6 cm³/mol. The number of nitrogens with zero attached hydrogens (tertiary/aromatic N) is 1. The third-order valence-electron chi connectivity index (χ3n) is 5.00. The average molecular weight is 283 g/mol. The van der Waals surface area contributed by atoms with Crippen molar-refractivity contribution in [1.29, 1.82) is 5.26 Å². The maximum absolute atomic E-state index is 9.12. The molecule has 1 aromatic carbocycles. The fourth-order valence-electron chi connectivity index (χ4n) is 2.50. The Kier molecular flexibility index (Phi) is 3.89. The van der Waals surface area contributed by atoms with Crippen molar-refractivity contribution in [2.75, 3.05) is 0 Å². The number of furan rings is 1. The standard InChI is InChI=1S/C19H25NO/c1-7-18(3,4)14-9-13-10-15(12-20)21-17(13)16(11-14)19(5,6)8-2/h9-11H,7-8H2,1-6H3. The Morgan fingerprint density at radius 3 is 2.14 bits per heavy atom. The fraction of sp³-hybridized carbons (Fsp3) is 0.526. The van der Waals surface area contributed by atoms with E-state index in [9.17, 15) is 0 Å². The van der Waals surface area contributed by atoms with E-state index < -0.39 is 0 Å². The lowest BCUT2D eigenvalue weighted by Gasteiger charge is -2.28. The van der Waals surface area contributed by atoms with Crippen molar-refractivity contribution in [2.45, 2.75) is 65.2 Å². The number of hydrogen-bond donors (Lipinski definition) is 0. The van der Waals surface area contributed by atoms with Crippen molar-refractivity contribution in [2.24, 2.45) is 0 Å². The molecule has 0 atom stereocenters. The maximum atomic E-state index is 9.12. The monoisotopic (exact) mass is 283 g/mol. The van der Waals surface area contributed by atoms with Crippen molar-refractivity contribution in [3.63, 3.8) is 0 Å². The topological polar surface area (TPSA) is 36.9 Å². The van der Waals surface area contributed by atoms with E-state index >= 15 is 0 Å². The van der Waals surface area contributed by atoms with Crippen LogP contribution in [0.2, 0.25) is 0 Å². The molecule has 0 unspecified atom stereocenters. The van der Waals surface area contributed by atoms with Crippen molar-refractivity contribution >= 4 is 11.0 Å². The SMILES string of the molecule is CCC(C)(C)c1cc(C(C)(C)CC)c2oc(C#N)cc2c1. The molecule has 2 aromatic rings. The van der Waals surface area contributed by atoms with Gasteiger partial charge in [-0.1, -0.05) is 47.6 Å². The van der Waals surface area contributed by atoms with Gasteiger partial charge in [0.1, 0.15) is 11.7 Å². The van der Waals surface area contributed by atoms with Crippen LogP contribution in [0.4, 0.5) is 0 Å². The van der Waals surface area contributed by atoms with Gasteiger partial charge in [0.2, 0.25) is 5.76 Å². The van der Waals surface area contributed by atoms with Crippen molar-refractivity contribution in [3.05, 3.63) is 35.1 Å². The molecule has 0 aliphatic heterocycles. The molecule has 1 heterocycles. The minimum absolute atomic E-state index is 0.0304. The van der Waals surface area contributed by atoms with Gasteiger partial charge in [0.25, 0.3) is 0 Å². The van der Waals surface area contributed by atoms with Crippen LogP contribution in [0.15, 0.2) is 22.6 Å². The fourth-order valence-corrected chi connectivity index (χ4v) is 2.50. The summed E-state index contributed by atoms with van der Waals surface area (Å²) < 4.78 is 5.78. The van der Waals surface area contributed by atoms with Gasteiger partial charge in [-0.25, -0.2) is 0 Å². The molecule has 1 aromatic heterocycles. The quantitative estimate of drug-likeness (QED) is 0.723. The van der Waals surface area contributed by atoms with Crippen LogP contribution < -0.4 is 0 Å². The first-order chi connectivity index (χ1) is 9.75. The highest BCUT2D eigenvalue weighted by Gasteiger charge is 2.27. The van der Waals surface area contributed by atoms with Crippen LogP contribution in [0.5, 0.6) is 0 Å². The van der Waals surface area contributed by atoms with Gasteiger partial charge in [0, 0.05) is 17.0 Å². The zero-order valence-electron chi connectivity index (χ0n) is 14.0. The number of rotatable bonds is 4. The second-order valence-electron chi connectivity index (χ2n) is 7.14. The van der Waals surface area contributed by atoms with Crippen LogP contribution in [0.3, 0.4) is 0 Å². The molecule has 21 heavy (non-hydrogen) atoms. The highest BCUT2D eigenvalue weighted by Crippen LogP contribution is 2.39. The first-order valence-corrected chi connectivity index (χ1v) is 7.74. The molecule has 2 heteroatoms. The Hall–Kier alpha value is -1.75. The minimum Gasteiger partial charge on any atom is -0.445 e. The highest BCUT2D eigenvalue weighted by atomic mass is 16.3. The van der Waals surface area contributed by atoms with Crippen LogP contribution in [0.1, 0.15) is 71.3 Å². The second-order valence-corrected chi connectivity index (χ2v) is 7.14. The summed E-state index contributed by atoms with van der Waals surface area (Å²) in [6.45, 7) is 13.4. The van der Waals surface area contributed by atoms with E-state index in [-0.39, 0.29) is 10.8 Å². The third kappa shape index (κ3) is 2.70. The van der Waals surface area contributed by atoms with E-state index in [4.69, 9.17) is 9.68 Å².